The molecule has 1 N–H and O–H groups in total. The number of halogens is 2. The van der Waals surface area contributed by atoms with Gasteiger partial charge in [0.25, 0.3) is 0 Å². The van der Waals surface area contributed by atoms with Gasteiger partial charge in [-0.3, -0.25) is 4.79 Å². The lowest BCUT2D eigenvalue weighted by atomic mass is 9.90. The molecule has 2 unspecified atom stereocenters. The molecule has 6 heteroatoms. The fourth-order valence-electron chi connectivity index (χ4n) is 3.09. The third-order valence-corrected chi connectivity index (χ3v) is 5.18. The number of nitrogens with one attached hydrogen (secondary N) is 1. The quantitative estimate of drug-likeness (QED) is 0.897. The zero-order valence-corrected chi connectivity index (χ0v) is 15.5. The average molecular weight is 359 g/mol. The first-order chi connectivity index (χ1) is 10.7. The van der Waals surface area contributed by atoms with E-state index in [-0.39, 0.29) is 17.9 Å². The Balaban J connectivity index is 2.13. The monoisotopic (exact) mass is 358 g/mol. The number of carbonyl (C=O) groups is 1. The first-order valence-electron chi connectivity index (χ1n) is 7.72. The zero-order valence-electron chi connectivity index (χ0n) is 14.0. The van der Waals surface area contributed by atoms with Gasteiger partial charge in [0.15, 0.2) is 0 Å². The summed E-state index contributed by atoms with van der Waals surface area (Å²) >= 11 is 12.4. The number of benzene rings is 1. The van der Waals surface area contributed by atoms with E-state index in [9.17, 15) is 4.79 Å². The molecule has 0 aliphatic carbocycles. The maximum absolute atomic E-state index is 12.7. The summed E-state index contributed by atoms with van der Waals surface area (Å²) < 4.78 is 5.43. The van der Waals surface area contributed by atoms with Gasteiger partial charge in [-0.1, -0.05) is 35.3 Å². The van der Waals surface area contributed by atoms with E-state index in [0.717, 1.165) is 25.1 Å². The first kappa shape index (κ1) is 18.5. The Morgan fingerprint density at radius 3 is 2.70 bits per heavy atom. The summed E-state index contributed by atoms with van der Waals surface area (Å²) in [6, 6.07) is 5.47. The summed E-state index contributed by atoms with van der Waals surface area (Å²) in [5.41, 5.74) is 0.213. The molecular weight excluding hydrogens is 335 g/mol. The zero-order chi connectivity index (χ0) is 17.2. The van der Waals surface area contributed by atoms with Crippen molar-refractivity contribution in [2.45, 2.75) is 31.9 Å². The van der Waals surface area contributed by atoms with Gasteiger partial charge < -0.3 is 15.0 Å². The van der Waals surface area contributed by atoms with Gasteiger partial charge in [0, 0.05) is 20.2 Å². The molecule has 1 fully saturated rings. The molecule has 128 valence electrons. The van der Waals surface area contributed by atoms with Crippen molar-refractivity contribution in [3.63, 3.8) is 0 Å². The fraction of sp³-hybridized carbons (Fsp3) is 0.588. The van der Waals surface area contributed by atoms with Crippen molar-refractivity contribution in [3.05, 3.63) is 33.8 Å². The van der Waals surface area contributed by atoms with Crippen LogP contribution >= 0.6 is 23.2 Å². The third-order valence-electron chi connectivity index (χ3n) is 4.36. The highest BCUT2D eigenvalue weighted by atomic mass is 35.5. The minimum atomic E-state index is -0.600. The smallest absolute Gasteiger partial charge is 0.225 e. The number of hydrogen-bond donors (Lipinski definition) is 1. The summed E-state index contributed by atoms with van der Waals surface area (Å²) in [4.78, 5) is 14.8. The predicted octanol–water partition coefficient (Wildman–Crippen LogP) is 3.31. The first-order valence-corrected chi connectivity index (χ1v) is 8.48. The maximum atomic E-state index is 12.7. The fourth-order valence-corrected chi connectivity index (χ4v) is 3.63. The summed E-state index contributed by atoms with van der Waals surface area (Å²) in [6.45, 7) is 5.44. The number of hydrogen-bond acceptors (Lipinski definition) is 3. The molecule has 1 saturated heterocycles. The van der Waals surface area contributed by atoms with E-state index < -0.39 is 5.54 Å². The topological polar surface area (TPSA) is 41.6 Å². The van der Waals surface area contributed by atoms with Gasteiger partial charge in [0.2, 0.25) is 5.91 Å². The second-order valence-corrected chi connectivity index (χ2v) is 7.51. The molecular formula is C17H24Cl2N2O2. The highest BCUT2D eigenvalue weighted by molar-refractivity contribution is 6.42. The van der Waals surface area contributed by atoms with Crippen molar-refractivity contribution in [1.82, 2.24) is 10.2 Å². The van der Waals surface area contributed by atoms with Gasteiger partial charge in [-0.2, -0.15) is 0 Å². The van der Waals surface area contributed by atoms with Gasteiger partial charge in [-0.05, 0) is 38.9 Å². The highest BCUT2D eigenvalue weighted by Crippen LogP contribution is 2.33. The van der Waals surface area contributed by atoms with Crippen LogP contribution < -0.4 is 5.32 Å². The van der Waals surface area contributed by atoms with Crippen LogP contribution in [0.2, 0.25) is 10.0 Å². The lowest BCUT2D eigenvalue weighted by molar-refractivity contribution is -0.130. The van der Waals surface area contributed by atoms with Crippen LogP contribution in [0.5, 0.6) is 0 Å². The highest BCUT2D eigenvalue weighted by Gasteiger charge is 2.34. The normalized spacial score (nSPS) is 22.9. The lowest BCUT2D eigenvalue weighted by Crippen LogP contribution is -2.51. The molecule has 1 aromatic carbocycles. The van der Waals surface area contributed by atoms with Crippen molar-refractivity contribution in [1.29, 1.82) is 0 Å². The number of likely N-dealkylation sites (N-methyl/N-ethyl adjacent to an activating group) is 1. The van der Waals surface area contributed by atoms with E-state index >= 15 is 0 Å². The molecule has 0 aromatic heterocycles. The van der Waals surface area contributed by atoms with E-state index in [0.29, 0.717) is 10.0 Å². The number of ether oxygens (including phenoxy) is 1. The molecule has 1 aliphatic rings. The standard InChI is InChI=1S/C17H24Cl2N2O2/c1-17(2,13-6-5-7-14(18)15(13)19)20-16(22)11-8-12(23-4)10-21(3)9-11/h5-7,11-12H,8-10H2,1-4H3,(H,20,22). The maximum Gasteiger partial charge on any atom is 0.225 e. The van der Waals surface area contributed by atoms with Gasteiger partial charge in [-0.25, -0.2) is 0 Å². The van der Waals surface area contributed by atoms with E-state index in [4.69, 9.17) is 27.9 Å². The average Bonchev–Trinajstić information content (AvgIpc) is 2.48. The van der Waals surface area contributed by atoms with Crippen molar-refractivity contribution in [2.75, 3.05) is 27.2 Å². The number of methoxy groups -OCH3 is 1. The Labute approximate surface area is 148 Å². The molecule has 1 aromatic rings. The number of carbonyl (C=O) groups excluding carboxylic acids is 1. The Kier molecular flexibility index (Phi) is 5.95. The molecule has 0 spiro atoms. The van der Waals surface area contributed by atoms with Gasteiger partial charge in [0.1, 0.15) is 0 Å². The van der Waals surface area contributed by atoms with E-state index in [2.05, 4.69) is 10.2 Å². The minimum absolute atomic E-state index is 0.0136. The molecule has 4 nitrogen and oxygen atoms in total. The van der Waals surface area contributed by atoms with Crippen LogP contribution in [0.4, 0.5) is 0 Å². The number of likely N-dealkylation sites (tertiary alicyclic amines) is 1. The molecule has 0 bridgehead atoms. The second-order valence-electron chi connectivity index (χ2n) is 6.73. The molecule has 23 heavy (non-hydrogen) atoms. The van der Waals surface area contributed by atoms with Gasteiger partial charge in [-0.15, -0.1) is 0 Å². The SMILES string of the molecule is COC1CC(C(=O)NC(C)(C)c2cccc(Cl)c2Cl)CN(C)C1. The number of piperidine rings is 1. The van der Waals surface area contributed by atoms with Crippen LogP contribution in [-0.4, -0.2) is 44.2 Å². The van der Waals surface area contributed by atoms with Crippen LogP contribution in [0.3, 0.4) is 0 Å². The van der Waals surface area contributed by atoms with Crippen LogP contribution in [-0.2, 0) is 15.1 Å². The molecule has 1 aliphatic heterocycles. The Bertz CT molecular complexity index is 578. The van der Waals surface area contributed by atoms with Gasteiger partial charge >= 0.3 is 0 Å². The number of nitrogens with zero attached hydrogens (tertiary/aromatic N) is 1. The Morgan fingerprint density at radius 2 is 2.04 bits per heavy atom. The summed E-state index contributed by atoms with van der Waals surface area (Å²) in [5.74, 6) is -0.0874. The van der Waals surface area contributed by atoms with E-state index in [1.165, 1.54) is 0 Å². The molecule has 1 heterocycles. The number of amides is 1. The lowest BCUT2D eigenvalue weighted by Gasteiger charge is -2.36. The van der Waals surface area contributed by atoms with Crippen LogP contribution in [0, 0.1) is 5.92 Å². The third kappa shape index (κ3) is 4.38. The van der Waals surface area contributed by atoms with Gasteiger partial charge in [0.05, 0.1) is 27.6 Å². The van der Waals surface area contributed by atoms with E-state index in [1.807, 2.05) is 33.0 Å². The van der Waals surface area contributed by atoms with Crippen molar-refractivity contribution in [2.24, 2.45) is 5.92 Å². The van der Waals surface area contributed by atoms with Crippen LogP contribution in [0.15, 0.2) is 18.2 Å². The van der Waals surface area contributed by atoms with Crippen molar-refractivity contribution >= 4 is 29.1 Å². The van der Waals surface area contributed by atoms with E-state index in [1.54, 1.807) is 13.2 Å². The molecule has 0 saturated carbocycles. The molecule has 2 atom stereocenters. The summed E-state index contributed by atoms with van der Waals surface area (Å²) in [6.07, 6.45) is 0.814. The minimum Gasteiger partial charge on any atom is -0.380 e. The van der Waals surface area contributed by atoms with Crippen molar-refractivity contribution < 1.29 is 9.53 Å². The summed E-state index contributed by atoms with van der Waals surface area (Å²) in [5, 5.41) is 4.08. The largest absolute Gasteiger partial charge is 0.380 e. The Hall–Kier alpha value is -0.810. The van der Waals surface area contributed by atoms with Crippen LogP contribution in [0.25, 0.3) is 0 Å². The molecule has 0 radical (unpaired) electrons. The van der Waals surface area contributed by atoms with Crippen molar-refractivity contribution in [3.8, 4) is 0 Å². The second kappa shape index (κ2) is 7.39. The number of rotatable bonds is 4. The molecule has 2 rings (SSSR count). The predicted molar refractivity (Wildman–Crippen MR) is 94.0 cm³/mol. The van der Waals surface area contributed by atoms with Crippen LogP contribution in [0.1, 0.15) is 25.8 Å². The molecule has 1 amide bonds. The Morgan fingerprint density at radius 1 is 1.35 bits per heavy atom. The summed E-state index contributed by atoms with van der Waals surface area (Å²) in [7, 11) is 3.69.